The number of aromatic hydroxyl groups is 1. The SMILES string of the molecule is C=CCOC(=O)/C=C/C=C(\C)CC/C=C/C=C/C[C@H](C)[C@@H](O)[C@@H](CCC(C)=O)C(=O)N[C@H](C(=O)NC(Cc1cc(O)cc(F)c1)C(=O)N1CCCC(C(=O)O)N1)C(C)C. The minimum absolute atomic E-state index is 0.0132. The van der Waals surface area contributed by atoms with Crippen molar-refractivity contribution >= 4 is 35.4 Å². The normalized spacial score (nSPS) is 17.4. The van der Waals surface area contributed by atoms with E-state index in [9.17, 15) is 48.5 Å². The lowest BCUT2D eigenvalue weighted by Crippen LogP contribution is -2.62. The molecule has 3 amide bonds. The Morgan fingerprint density at radius 2 is 1.73 bits per heavy atom. The van der Waals surface area contributed by atoms with Gasteiger partial charge in [-0.15, -0.1) is 0 Å². The van der Waals surface area contributed by atoms with Gasteiger partial charge in [0.25, 0.3) is 5.91 Å². The molecule has 324 valence electrons. The minimum atomic E-state index is -1.36. The van der Waals surface area contributed by atoms with Gasteiger partial charge < -0.3 is 35.5 Å². The minimum Gasteiger partial charge on any atom is -0.508 e. The number of aliphatic hydroxyl groups excluding tert-OH is 1. The van der Waals surface area contributed by atoms with Gasteiger partial charge in [0.05, 0.1) is 12.0 Å². The quantitative estimate of drug-likeness (QED) is 0.0362. The molecule has 15 heteroatoms. The number of ketones is 1. The first-order valence-corrected chi connectivity index (χ1v) is 19.9. The van der Waals surface area contributed by atoms with Crippen LogP contribution in [0.4, 0.5) is 4.39 Å². The molecule has 2 unspecified atom stereocenters. The van der Waals surface area contributed by atoms with Crippen molar-refractivity contribution in [1.29, 1.82) is 0 Å². The maximum atomic E-state index is 14.2. The molecule has 0 radical (unpaired) electrons. The number of aliphatic hydroxyl groups is 1. The van der Waals surface area contributed by atoms with Gasteiger partial charge in [-0.05, 0) is 81.9 Å². The van der Waals surface area contributed by atoms with Crippen LogP contribution in [-0.2, 0) is 39.9 Å². The second-order valence-electron chi connectivity index (χ2n) is 15.2. The first-order valence-electron chi connectivity index (χ1n) is 19.9. The summed E-state index contributed by atoms with van der Waals surface area (Å²) >= 11 is 0. The predicted octanol–water partition coefficient (Wildman–Crippen LogP) is 4.78. The molecule has 1 aliphatic rings. The number of carboxylic acid groups (broad SMARTS) is 1. The molecule has 59 heavy (non-hydrogen) atoms. The number of hydrogen-bond donors (Lipinski definition) is 6. The van der Waals surface area contributed by atoms with Crippen LogP contribution in [0.2, 0.25) is 0 Å². The van der Waals surface area contributed by atoms with Crippen molar-refractivity contribution in [3.05, 3.63) is 90.3 Å². The Bertz CT molecular complexity index is 1720. The van der Waals surface area contributed by atoms with Gasteiger partial charge in [-0.3, -0.25) is 24.2 Å². The zero-order valence-electron chi connectivity index (χ0n) is 34.7. The molecule has 0 saturated carbocycles. The standard InChI is InChI=1S/C44H61FN4O10/c1-7-23-59-38(52)19-13-16-29(4)15-11-9-8-10-12-17-30(5)40(53)35(21-20-31(6)50)41(54)47-39(28(2)3)42(55)46-37(26-32-24-33(45)27-34(51)25-32)43(56)49-22-14-18-36(48-49)44(57)58/h7-10,12-13,16,19,24-25,27-28,30,35-37,39-40,48,51,53H,1,11,14-15,17-18,20-23,26H2,2-6H3,(H,46,55)(H,47,54)(H,57,58)/b9-8+,12-10+,19-13+,29-16+/t30-,35+,36?,37?,39-,40+/m0/s1. The Morgan fingerprint density at radius 1 is 1.02 bits per heavy atom. The Morgan fingerprint density at radius 3 is 2.37 bits per heavy atom. The fraction of sp³-hybridized carbons (Fsp3) is 0.500. The number of phenolic OH excluding ortho intramolecular Hbond substituents is 1. The van der Waals surface area contributed by atoms with Gasteiger partial charge >= 0.3 is 11.9 Å². The topological polar surface area (TPSA) is 212 Å². The molecule has 1 aromatic rings. The molecule has 2 rings (SSSR count). The van der Waals surface area contributed by atoms with E-state index in [1.54, 1.807) is 26.8 Å². The second kappa shape index (κ2) is 25.8. The highest BCUT2D eigenvalue weighted by atomic mass is 19.1. The number of halogens is 1. The molecule has 0 spiro atoms. The fourth-order valence-electron chi connectivity index (χ4n) is 6.33. The lowest BCUT2D eigenvalue weighted by atomic mass is 9.85. The number of carbonyl (C=O) groups is 6. The summed E-state index contributed by atoms with van der Waals surface area (Å²) in [6.45, 7) is 12.2. The molecule has 1 heterocycles. The average molecular weight is 825 g/mol. The molecule has 0 bridgehead atoms. The number of aliphatic carboxylic acids is 1. The van der Waals surface area contributed by atoms with E-state index in [4.69, 9.17) is 4.74 Å². The van der Waals surface area contributed by atoms with Gasteiger partial charge in [0, 0.05) is 31.5 Å². The number of phenols is 1. The number of carbonyl (C=O) groups excluding carboxylic acids is 5. The van der Waals surface area contributed by atoms with Crippen LogP contribution in [0.1, 0.15) is 85.1 Å². The summed E-state index contributed by atoms with van der Waals surface area (Å²) in [5.41, 5.74) is 3.91. The van der Waals surface area contributed by atoms with Gasteiger partial charge in [-0.25, -0.2) is 14.6 Å². The van der Waals surface area contributed by atoms with E-state index in [-0.39, 0.29) is 50.2 Å². The summed E-state index contributed by atoms with van der Waals surface area (Å²) in [6.07, 6.45) is 15.0. The van der Waals surface area contributed by atoms with E-state index in [0.29, 0.717) is 12.8 Å². The van der Waals surface area contributed by atoms with Crippen LogP contribution in [0.5, 0.6) is 5.75 Å². The summed E-state index contributed by atoms with van der Waals surface area (Å²) in [5.74, 6) is -7.05. The van der Waals surface area contributed by atoms with E-state index in [2.05, 4.69) is 22.6 Å². The van der Waals surface area contributed by atoms with E-state index >= 15 is 0 Å². The monoisotopic (exact) mass is 824 g/mol. The van der Waals surface area contributed by atoms with Crippen LogP contribution in [0, 0.1) is 23.6 Å². The zero-order chi connectivity index (χ0) is 44.1. The lowest BCUT2D eigenvalue weighted by molar-refractivity contribution is -0.149. The van der Waals surface area contributed by atoms with Crippen LogP contribution in [-0.4, -0.2) is 93.2 Å². The first-order chi connectivity index (χ1) is 27.9. The van der Waals surface area contributed by atoms with Crippen molar-refractivity contribution in [1.82, 2.24) is 21.1 Å². The molecule has 0 aliphatic carbocycles. The van der Waals surface area contributed by atoms with Crippen LogP contribution >= 0.6 is 0 Å². The smallest absolute Gasteiger partial charge is 0.331 e. The van der Waals surface area contributed by atoms with Crippen molar-refractivity contribution in [3.8, 4) is 5.75 Å². The summed E-state index contributed by atoms with van der Waals surface area (Å²) in [5, 5.41) is 37.4. The molecule has 1 fully saturated rings. The Kier molecular flexibility index (Phi) is 21.8. The number of Topliss-reactive ketones (excluding diaryl/α,β-unsaturated/α-hetero) is 1. The van der Waals surface area contributed by atoms with Gasteiger partial charge in [0.15, 0.2) is 0 Å². The van der Waals surface area contributed by atoms with E-state index in [0.717, 1.165) is 35.6 Å². The van der Waals surface area contributed by atoms with Crippen molar-refractivity contribution in [2.24, 2.45) is 17.8 Å². The predicted molar refractivity (Wildman–Crippen MR) is 221 cm³/mol. The molecular formula is C44H61FN4O10. The highest BCUT2D eigenvalue weighted by molar-refractivity contribution is 5.93. The number of esters is 1. The van der Waals surface area contributed by atoms with Gasteiger partial charge in [0.1, 0.15) is 42.1 Å². The van der Waals surface area contributed by atoms with Crippen LogP contribution < -0.4 is 16.1 Å². The third kappa shape index (κ3) is 18.4. The Labute approximate surface area is 346 Å². The molecule has 1 aliphatic heterocycles. The summed E-state index contributed by atoms with van der Waals surface area (Å²) in [6, 6.07) is -0.384. The van der Waals surface area contributed by atoms with Crippen LogP contribution in [0.25, 0.3) is 0 Å². The van der Waals surface area contributed by atoms with Gasteiger partial charge in [-0.1, -0.05) is 75.5 Å². The molecule has 6 N–H and O–H groups in total. The number of rotatable bonds is 24. The number of ether oxygens (including phenoxy) is 1. The largest absolute Gasteiger partial charge is 0.508 e. The van der Waals surface area contributed by atoms with E-state index in [1.807, 2.05) is 37.3 Å². The van der Waals surface area contributed by atoms with Crippen LogP contribution in [0.15, 0.2) is 79.0 Å². The summed E-state index contributed by atoms with van der Waals surface area (Å²) in [4.78, 5) is 76.7. The van der Waals surface area contributed by atoms with Crippen molar-refractivity contribution < 1.29 is 53.2 Å². The number of nitrogens with zero attached hydrogens (tertiary/aromatic N) is 1. The second-order valence-corrected chi connectivity index (χ2v) is 15.2. The Balaban J connectivity index is 2.15. The third-order valence-corrected chi connectivity index (χ3v) is 9.69. The van der Waals surface area contributed by atoms with E-state index < -0.39 is 83.2 Å². The third-order valence-electron chi connectivity index (χ3n) is 9.69. The van der Waals surface area contributed by atoms with Gasteiger partial charge in [0.2, 0.25) is 11.8 Å². The van der Waals surface area contributed by atoms with Crippen LogP contribution in [0.3, 0.4) is 0 Å². The average Bonchev–Trinajstić information content (AvgIpc) is 3.17. The number of hydrogen-bond acceptors (Lipinski definition) is 10. The number of carboxylic acids is 1. The number of benzene rings is 1. The maximum Gasteiger partial charge on any atom is 0.331 e. The maximum absolute atomic E-state index is 14.2. The highest BCUT2D eigenvalue weighted by Gasteiger charge is 2.37. The number of hydrazine groups is 1. The summed E-state index contributed by atoms with van der Waals surface area (Å²) in [7, 11) is 0. The zero-order valence-corrected chi connectivity index (χ0v) is 34.7. The number of allylic oxidation sites excluding steroid dienone is 7. The lowest BCUT2D eigenvalue weighted by Gasteiger charge is -2.35. The molecule has 0 aromatic heterocycles. The molecule has 1 saturated heterocycles. The Hall–Kier alpha value is -5.41. The molecule has 14 nitrogen and oxygen atoms in total. The van der Waals surface area contributed by atoms with Crippen molar-refractivity contribution in [2.45, 2.75) is 110 Å². The number of nitrogens with one attached hydrogen (secondary N) is 3. The molecule has 6 atom stereocenters. The molecular weight excluding hydrogens is 764 g/mol. The summed E-state index contributed by atoms with van der Waals surface area (Å²) < 4.78 is 19.1. The number of amides is 3. The van der Waals surface area contributed by atoms with E-state index in [1.165, 1.54) is 25.1 Å². The highest BCUT2D eigenvalue weighted by Crippen LogP contribution is 2.23. The fourth-order valence-corrected chi connectivity index (χ4v) is 6.33. The van der Waals surface area contributed by atoms with Crippen molar-refractivity contribution in [2.75, 3.05) is 13.2 Å². The van der Waals surface area contributed by atoms with Gasteiger partial charge in [-0.2, -0.15) is 0 Å². The molecule has 1 aromatic carbocycles. The van der Waals surface area contributed by atoms with Crippen molar-refractivity contribution in [3.63, 3.8) is 0 Å². The first kappa shape index (κ1) is 49.7.